The van der Waals surface area contributed by atoms with Crippen LogP contribution in [-0.2, 0) is 10.0 Å². The molecule has 2 saturated carbocycles. The number of phenols is 1. The number of terminal acetylenes is 1. The van der Waals surface area contributed by atoms with Gasteiger partial charge in [-0.05, 0) is 81.6 Å². The van der Waals surface area contributed by atoms with E-state index in [-0.39, 0.29) is 55.5 Å². The number of anilines is 1. The Kier molecular flexibility index (Phi) is 7.18. The van der Waals surface area contributed by atoms with E-state index in [1.807, 2.05) is 19.0 Å². The third kappa shape index (κ3) is 5.07. The highest BCUT2D eigenvalue weighted by molar-refractivity contribution is 7.89. The number of hydrogen-bond acceptors (Lipinski definition) is 9. The summed E-state index contributed by atoms with van der Waals surface area (Å²) in [6.07, 6.45) is 10.4. The number of nitrogens with zero attached hydrogens (tertiary/aromatic N) is 5. The lowest BCUT2D eigenvalue weighted by atomic mass is 9.73. The SMILES string of the molecule is C#Cc1c(F)ccc2cc(O)cc(C3=C(F)c4nc(OCC5(CN(C)C)CC5)nc(N5CCC6(CC5)CNC6)c4S(=O)(=O)N3C3CC3)c12. The Balaban J connectivity index is 1.33. The van der Waals surface area contributed by atoms with Gasteiger partial charge in [0.1, 0.15) is 17.3 Å². The van der Waals surface area contributed by atoms with Crippen molar-refractivity contribution in [2.45, 2.75) is 49.5 Å². The summed E-state index contributed by atoms with van der Waals surface area (Å²) in [4.78, 5) is 12.9. The maximum Gasteiger partial charge on any atom is 0.319 e. The summed E-state index contributed by atoms with van der Waals surface area (Å²) in [5.41, 5.74) is -0.822. The molecule has 3 aliphatic heterocycles. The lowest BCUT2D eigenvalue weighted by Gasteiger charge is -2.49. The van der Waals surface area contributed by atoms with Gasteiger partial charge in [0.05, 0.1) is 17.9 Å². The lowest BCUT2D eigenvalue weighted by Crippen LogP contribution is -2.58. The number of sulfonamides is 1. The number of halogens is 2. The number of hydrogen-bond donors (Lipinski definition) is 2. The topological polar surface area (TPSA) is 111 Å². The van der Waals surface area contributed by atoms with Gasteiger partial charge in [-0.15, -0.1) is 6.42 Å². The van der Waals surface area contributed by atoms with E-state index in [2.05, 4.69) is 21.1 Å². The van der Waals surface area contributed by atoms with Crippen LogP contribution in [0, 0.1) is 29.0 Å². The van der Waals surface area contributed by atoms with Crippen LogP contribution in [0.5, 0.6) is 11.8 Å². The van der Waals surface area contributed by atoms with Crippen LogP contribution in [0.1, 0.15) is 55.3 Å². The number of rotatable bonds is 8. The monoisotopic (exact) mass is 676 g/mol. The summed E-state index contributed by atoms with van der Waals surface area (Å²) in [6, 6.07) is 4.58. The van der Waals surface area contributed by atoms with E-state index >= 15 is 8.78 Å². The average Bonchev–Trinajstić information content (AvgIpc) is 3.98. The van der Waals surface area contributed by atoms with E-state index in [1.165, 1.54) is 24.3 Å². The van der Waals surface area contributed by atoms with Crippen molar-refractivity contribution in [1.29, 1.82) is 0 Å². The number of ether oxygens (including phenoxy) is 1. The number of fused-ring (bicyclic) bond motifs is 2. The highest BCUT2D eigenvalue weighted by Gasteiger charge is 2.51. The fraction of sp³-hybridized carbons (Fsp3) is 0.486. The van der Waals surface area contributed by atoms with Crippen LogP contribution in [0.3, 0.4) is 0 Å². The maximum atomic E-state index is 17.4. The molecule has 0 bridgehead atoms. The number of piperidine rings is 1. The molecular formula is C35H38F2N6O4S. The van der Waals surface area contributed by atoms with Crippen LogP contribution in [0.25, 0.3) is 22.3 Å². The zero-order valence-electron chi connectivity index (χ0n) is 27.0. The average molecular weight is 677 g/mol. The largest absolute Gasteiger partial charge is 0.508 e. The van der Waals surface area contributed by atoms with Gasteiger partial charge in [-0.3, -0.25) is 4.31 Å². The molecule has 4 heterocycles. The smallest absolute Gasteiger partial charge is 0.319 e. The van der Waals surface area contributed by atoms with E-state index in [0.29, 0.717) is 37.9 Å². The summed E-state index contributed by atoms with van der Waals surface area (Å²) >= 11 is 0. The minimum atomic E-state index is -4.46. The second-order valence-corrected chi connectivity index (χ2v) is 16.2. The molecule has 13 heteroatoms. The molecule has 2 N–H and O–H groups in total. The number of aromatic hydroxyl groups is 1. The van der Waals surface area contributed by atoms with Crippen LogP contribution < -0.4 is 15.0 Å². The zero-order chi connectivity index (χ0) is 33.6. The summed E-state index contributed by atoms with van der Waals surface area (Å²) in [5.74, 6) is 0.590. The second-order valence-electron chi connectivity index (χ2n) is 14.5. The molecule has 0 radical (unpaired) electrons. The third-order valence-corrected chi connectivity index (χ3v) is 12.4. The molecular weight excluding hydrogens is 638 g/mol. The Morgan fingerprint density at radius 3 is 2.46 bits per heavy atom. The molecule has 10 nitrogen and oxygen atoms in total. The zero-order valence-corrected chi connectivity index (χ0v) is 27.8. The van der Waals surface area contributed by atoms with Gasteiger partial charge in [-0.1, -0.05) is 12.0 Å². The van der Waals surface area contributed by atoms with Crippen LogP contribution in [0.2, 0.25) is 0 Å². The van der Waals surface area contributed by atoms with E-state index in [4.69, 9.17) is 16.1 Å². The van der Waals surface area contributed by atoms with Gasteiger partial charge in [0.15, 0.2) is 16.5 Å². The Morgan fingerprint density at radius 2 is 1.85 bits per heavy atom. The van der Waals surface area contributed by atoms with Crippen molar-refractivity contribution in [2.75, 3.05) is 58.3 Å². The van der Waals surface area contributed by atoms with Crippen molar-refractivity contribution in [2.24, 2.45) is 10.8 Å². The van der Waals surface area contributed by atoms with Crippen LogP contribution in [0.4, 0.5) is 14.6 Å². The molecule has 1 spiro atoms. The van der Waals surface area contributed by atoms with Crippen molar-refractivity contribution >= 4 is 38.1 Å². The first-order valence-electron chi connectivity index (χ1n) is 16.5. The van der Waals surface area contributed by atoms with Gasteiger partial charge in [-0.25, -0.2) is 17.2 Å². The summed E-state index contributed by atoms with van der Waals surface area (Å²) in [7, 11) is -0.468. The normalized spacial score (nSPS) is 22.1. The minimum Gasteiger partial charge on any atom is -0.508 e. The predicted molar refractivity (Wildman–Crippen MR) is 178 cm³/mol. The first-order chi connectivity index (χ1) is 22.9. The lowest BCUT2D eigenvalue weighted by molar-refractivity contribution is 0.125. The van der Waals surface area contributed by atoms with E-state index in [9.17, 15) is 13.5 Å². The number of benzene rings is 2. The fourth-order valence-corrected chi connectivity index (χ4v) is 9.63. The van der Waals surface area contributed by atoms with E-state index < -0.39 is 33.4 Å². The van der Waals surface area contributed by atoms with Gasteiger partial charge in [0, 0.05) is 55.1 Å². The Bertz CT molecular complexity index is 2020. The Labute approximate surface area is 278 Å². The quantitative estimate of drug-likeness (QED) is 0.337. The van der Waals surface area contributed by atoms with Gasteiger partial charge in [0.25, 0.3) is 10.0 Å². The molecule has 252 valence electrons. The van der Waals surface area contributed by atoms with E-state index in [0.717, 1.165) is 49.6 Å². The van der Waals surface area contributed by atoms with Gasteiger partial charge in [-0.2, -0.15) is 9.97 Å². The minimum absolute atomic E-state index is 0.0287. The molecule has 1 aromatic heterocycles. The van der Waals surface area contributed by atoms with Crippen LogP contribution in [0.15, 0.2) is 29.2 Å². The van der Waals surface area contributed by atoms with Crippen LogP contribution in [-0.4, -0.2) is 92.2 Å². The molecule has 0 amide bonds. The molecule has 2 aliphatic carbocycles. The molecule has 2 saturated heterocycles. The summed E-state index contributed by atoms with van der Waals surface area (Å²) < 4.78 is 69.5. The molecule has 3 aromatic rings. The highest BCUT2D eigenvalue weighted by atomic mass is 32.2. The standard InChI is InChI=1S/C35H38F2N6O4S/c1-4-24-26(36)8-5-21-15-23(44)16-25(27(21)24)30-28(37)29-31(48(45,46)43(30)22-6-7-22)32(42-13-11-34(12-14-42)17-38-18-34)40-33(39-29)47-20-35(9-10-35)19-41(2)3/h1,5,8,15-16,22,38,44H,6-7,9-14,17-20H2,2-3H3. The molecule has 4 fully saturated rings. The predicted octanol–water partition coefficient (Wildman–Crippen LogP) is 4.33. The van der Waals surface area contributed by atoms with Crippen molar-refractivity contribution in [3.8, 4) is 24.1 Å². The van der Waals surface area contributed by atoms with Crippen molar-refractivity contribution in [1.82, 2.24) is 24.5 Å². The van der Waals surface area contributed by atoms with Crippen molar-refractivity contribution < 1.29 is 27.0 Å². The molecule has 0 atom stereocenters. The van der Waals surface area contributed by atoms with Gasteiger partial charge in [0.2, 0.25) is 0 Å². The molecule has 5 aliphatic rings. The van der Waals surface area contributed by atoms with Crippen molar-refractivity contribution in [3.05, 3.63) is 46.9 Å². The number of phenolic OH excluding ortho intramolecular Hbond substituents is 1. The molecule has 48 heavy (non-hydrogen) atoms. The number of aromatic nitrogens is 2. The van der Waals surface area contributed by atoms with E-state index in [1.54, 1.807) is 0 Å². The Morgan fingerprint density at radius 1 is 1.12 bits per heavy atom. The maximum absolute atomic E-state index is 17.4. The first-order valence-corrected chi connectivity index (χ1v) is 17.9. The summed E-state index contributed by atoms with van der Waals surface area (Å²) in [5, 5.41) is 14.6. The summed E-state index contributed by atoms with van der Waals surface area (Å²) in [6.45, 7) is 4.03. The second kappa shape index (κ2) is 11.0. The molecule has 8 rings (SSSR count). The Hall–Kier alpha value is -3.99. The highest BCUT2D eigenvalue weighted by Crippen LogP contribution is 2.52. The molecule has 2 aromatic carbocycles. The van der Waals surface area contributed by atoms with Crippen molar-refractivity contribution in [3.63, 3.8) is 0 Å². The van der Waals surface area contributed by atoms with Gasteiger partial charge >= 0.3 is 6.01 Å². The number of nitrogens with one attached hydrogen (secondary N) is 1. The third-order valence-electron chi connectivity index (χ3n) is 10.5. The van der Waals surface area contributed by atoms with Gasteiger partial charge < -0.3 is 25.0 Å². The first kappa shape index (κ1) is 31.3. The van der Waals surface area contributed by atoms with Crippen LogP contribution >= 0.6 is 0 Å². The fourth-order valence-electron chi connectivity index (χ4n) is 7.63. The molecule has 0 unspecified atom stereocenters.